The summed E-state index contributed by atoms with van der Waals surface area (Å²) in [6, 6.07) is 0.326. The second-order valence-corrected chi connectivity index (χ2v) is 8.05. The summed E-state index contributed by atoms with van der Waals surface area (Å²) in [4.78, 5) is 14.8. The smallest absolute Gasteiger partial charge is 0.225 e. The summed E-state index contributed by atoms with van der Waals surface area (Å²) in [5, 5.41) is 8.47. The normalized spacial score (nSPS) is 21.7. The first-order chi connectivity index (χ1) is 11.4. The minimum Gasteiger partial charge on any atom is -0.342 e. The SMILES string of the molecule is CC(C)(N)c1cn(C2CCN(C(=O)C3CCCCCC3)CC2)nn1. The number of carbonyl (C=O) groups is 1. The number of carbonyl (C=O) groups excluding carboxylic acids is 1. The Morgan fingerprint density at radius 2 is 1.75 bits per heavy atom. The van der Waals surface area contributed by atoms with Crippen LogP contribution in [0.15, 0.2) is 6.20 Å². The Hall–Kier alpha value is -1.43. The van der Waals surface area contributed by atoms with Crippen molar-refractivity contribution < 1.29 is 4.79 Å². The lowest BCUT2D eigenvalue weighted by Gasteiger charge is -2.34. The predicted molar refractivity (Wildman–Crippen MR) is 93.3 cm³/mol. The number of rotatable bonds is 3. The number of amides is 1. The molecule has 1 amide bonds. The molecule has 2 aliphatic rings. The number of piperidine rings is 1. The number of nitrogens with zero attached hydrogens (tertiary/aromatic N) is 4. The fourth-order valence-corrected chi connectivity index (χ4v) is 3.89. The molecule has 1 aliphatic heterocycles. The van der Waals surface area contributed by atoms with Gasteiger partial charge in [0.2, 0.25) is 5.91 Å². The van der Waals surface area contributed by atoms with Gasteiger partial charge in [0.15, 0.2) is 0 Å². The van der Waals surface area contributed by atoms with Crippen LogP contribution in [0.4, 0.5) is 0 Å². The molecule has 1 aliphatic carbocycles. The third kappa shape index (κ3) is 3.97. The Bertz CT molecular complexity index is 546. The van der Waals surface area contributed by atoms with E-state index in [1.165, 1.54) is 25.7 Å². The molecule has 2 fully saturated rings. The van der Waals surface area contributed by atoms with E-state index in [0.717, 1.165) is 44.5 Å². The summed E-state index contributed by atoms with van der Waals surface area (Å²) >= 11 is 0. The van der Waals surface area contributed by atoms with Gasteiger partial charge in [0.1, 0.15) is 5.69 Å². The molecular weight excluding hydrogens is 302 g/mol. The quantitative estimate of drug-likeness (QED) is 0.863. The van der Waals surface area contributed by atoms with Crippen LogP contribution in [0.1, 0.15) is 76.9 Å². The van der Waals surface area contributed by atoms with Crippen molar-refractivity contribution in [2.45, 2.75) is 76.8 Å². The van der Waals surface area contributed by atoms with Gasteiger partial charge < -0.3 is 10.6 Å². The lowest BCUT2D eigenvalue weighted by Crippen LogP contribution is -2.42. The number of likely N-dealkylation sites (tertiary alicyclic amines) is 1. The third-order valence-corrected chi connectivity index (χ3v) is 5.53. The van der Waals surface area contributed by atoms with Crippen LogP contribution in [0.25, 0.3) is 0 Å². The molecule has 0 bridgehead atoms. The maximum absolute atomic E-state index is 12.8. The van der Waals surface area contributed by atoms with Crippen LogP contribution in [0, 0.1) is 5.92 Å². The van der Waals surface area contributed by atoms with Gasteiger partial charge in [-0.1, -0.05) is 30.9 Å². The fraction of sp³-hybridized carbons (Fsp3) is 0.833. The van der Waals surface area contributed by atoms with Crippen molar-refractivity contribution in [2.75, 3.05) is 13.1 Å². The molecule has 1 aromatic heterocycles. The zero-order valence-corrected chi connectivity index (χ0v) is 15.1. The zero-order valence-electron chi connectivity index (χ0n) is 15.1. The van der Waals surface area contributed by atoms with Gasteiger partial charge in [0.25, 0.3) is 0 Å². The van der Waals surface area contributed by atoms with E-state index in [1.54, 1.807) is 0 Å². The van der Waals surface area contributed by atoms with E-state index in [2.05, 4.69) is 15.2 Å². The van der Waals surface area contributed by atoms with Gasteiger partial charge in [-0.25, -0.2) is 4.68 Å². The van der Waals surface area contributed by atoms with Crippen molar-refractivity contribution in [1.29, 1.82) is 0 Å². The summed E-state index contributed by atoms with van der Waals surface area (Å²) in [6.07, 6.45) is 11.0. The first-order valence-corrected chi connectivity index (χ1v) is 9.45. The first-order valence-electron chi connectivity index (χ1n) is 9.45. The Balaban J connectivity index is 1.55. The van der Waals surface area contributed by atoms with E-state index < -0.39 is 5.54 Å². The van der Waals surface area contributed by atoms with Gasteiger partial charge in [0.05, 0.1) is 17.8 Å². The monoisotopic (exact) mass is 333 g/mol. The van der Waals surface area contributed by atoms with Crippen LogP contribution in [0.3, 0.4) is 0 Å². The van der Waals surface area contributed by atoms with Gasteiger partial charge in [-0.15, -0.1) is 5.10 Å². The van der Waals surface area contributed by atoms with Crippen molar-refractivity contribution in [3.63, 3.8) is 0 Å². The second-order valence-electron chi connectivity index (χ2n) is 8.05. The average molecular weight is 333 g/mol. The van der Waals surface area contributed by atoms with E-state index >= 15 is 0 Å². The summed E-state index contributed by atoms with van der Waals surface area (Å²) in [6.45, 7) is 5.55. The van der Waals surface area contributed by atoms with Crippen LogP contribution in [0.5, 0.6) is 0 Å². The molecule has 1 saturated heterocycles. The lowest BCUT2D eigenvalue weighted by atomic mass is 9.96. The van der Waals surface area contributed by atoms with Crippen molar-refractivity contribution in [1.82, 2.24) is 19.9 Å². The molecule has 0 aromatic carbocycles. The number of aromatic nitrogens is 3. The third-order valence-electron chi connectivity index (χ3n) is 5.53. The zero-order chi connectivity index (χ0) is 17.2. The van der Waals surface area contributed by atoms with E-state index in [9.17, 15) is 4.79 Å². The number of hydrogen-bond donors (Lipinski definition) is 1. The van der Waals surface area contributed by atoms with Gasteiger partial charge in [0, 0.05) is 19.0 Å². The molecule has 1 saturated carbocycles. The van der Waals surface area contributed by atoms with Crippen molar-refractivity contribution in [3.8, 4) is 0 Å². The molecule has 1 aromatic rings. The standard InChI is InChI=1S/C18H31N5O/c1-18(2,19)16-13-23(21-20-16)15-9-11-22(12-10-15)17(24)14-7-5-3-4-6-8-14/h13-15H,3-12,19H2,1-2H3. The second kappa shape index (κ2) is 7.21. The molecule has 0 radical (unpaired) electrons. The van der Waals surface area contributed by atoms with Crippen LogP contribution in [0.2, 0.25) is 0 Å². The maximum atomic E-state index is 12.8. The lowest BCUT2D eigenvalue weighted by molar-refractivity contribution is -0.137. The molecule has 24 heavy (non-hydrogen) atoms. The Morgan fingerprint density at radius 1 is 1.12 bits per heavy atom. The van der Waals surface area contributed by atoms with Crippen LogP contribution in [-0.2, 0) is 10.3 Å². The topological polar surface area (TPSA) is 77.0 Å². The molecule has 2 N–H and O–H groups in total. The van der Waals surface area contributed by atoms with E-state index in [1.807, 2.05) is 24.7 Å². The fourth-order valence-electron chi connectivity index (χ4n) is 3.89. The molecule has 2 heterocycles. The highest BCUT2D eigenvalue weighted by molar-refractivity contribution is 5.78. The highest BCUT2D eigenvalue weighted by Crippen LogP contribution is 2.28. The minimum atomic E-state index is -0.464. The molecule has 3 rings (SSSR count). The highest BCUT2D eigenvalue weighted by atomic mass is 16.2. The summed E-state index contributed by atoms with van der Waals surface area (Å²) in [5.41, 5.74) is 6.44. The maximum Gasteiger partial charge on any atom is 0.225 e. The largest absolute Gasteiger partial charge is 0.342 e. The van der Waals surface area contributed by atoms with Gasteiger partial charge in [-0.2, -0.15) is 0 Å². The first kappa shape index (κ1) is 17.4. The van der Waals surface area contributed by atoms with Crippen molar-refractivity contribution in [2.24, 2.45) is 11.7 Å². The minimum absolute atomic E-state index is 0.264. The number of nitrogens with two attached hydrogens (primary N) is 1. The van der Waals surface area contributed by atoms with Crippen LogP contribution < -0.4 is 5.73 Å². The van der Waals surface area contributed by atoms with E-state index in [-0.39, 0.29) is 5.92 Å². The van der Waals surface area contributed by atoms with Gasteiger partial charge >= 0.3 is 0 Å². The highest BCUT2D eigenvalue weighted by Gasteiger charge is 2.30. The Kier molecular flexibility index (Phi) is 5.23. The van der Waals surface area contributed by atoms with E-state index in [0.29, 0.717) is 11.9 Å². The van der Waals surface area contributed by atoms with Gasteiger partial charge in [-0.05, 0) is 39.5 Å². The average Bonchev–Trinajstić information content (AvgIpc) is 2.91. The Labute approximate surface area is 144 Å². The molecule has 6 nitrogen and oxygen atoms in total. The molecule has 0 atom stereocenters. The predicted octanol–water partition coefficient (Wildman–Crippen LogP) is 2.61. The molecule has 0 spiro atoms. The van der Waals surface area contributed by atoms with E-state index in [4.69, 9.17) is 5.73 Å². The molecule has 6 heteroatoms. The van der Waals surface area contributed by atoms with Crippen molar-refractivity contribution in [3.05, 3.63) is 11.9 Å². The summed E-state index contributed by atoms with van der Waals surface area (Å²) in [5.74, 6) is 0.651. The van der Waals surface area contributed by atoms with Crippen LogP contribution in [-0.4, -0.2) is 38.9 Å². The summed E-state index contributed by atoms with van der Waals surface area (Å²) in [7, 11) is 0. The van der Waals surface area contributed by atoms with Crippen molar-refractivity contribution >= 4 is 5.91 Å². The molecule has 134 valence electrons. The summed E-state index contributed by atoms with van der Waals surface area (Å²) < 4.78 is 1.94. The van der Waals surface area contributed by atoms with Gasteiger partial charge in [-0.3, -0.25) is 4.79 Å². The molecule has 0 unspecified atom stereocenters. The van der Waals surface area contributed by atoms with Crippen LogP contribution >= 0.6 is 0 Å². The number of hydrogen-bond acceptors (Lipinski definition) is 4. The Morgan fingerprint density at radius 3 is 2.29 bits per heavy atom. The molecular formula is C18H31N5O.